The summed E-state index contributed by atoms with van der Waals surface area (Å²) in [6.07, 6.45) is 3.42. The maximum Gasteiger partial charge on any atom is 0.242 e. The Morgan fingerprint density at radius 1 is 1.67 bits per heavy atom. The SMILES string of the molecule is CCC(Br)C(=O)NC1CCCCNC1=O. The van der Waals surface area contributed by atoms with E-state index in [4.69, 9.17) is 0 Å². The Balaban J connectivity index is 2.47. The Labute approximate surface area is 98.3 Å². The Bertz CT molecular complexity index is 246. The largest absolute Gasteiger partial charge is 0.354 e. The van der Waals surface area contributed by atoms with Gasteiger partial charge >= 0.3 is 0 Å². The Kier molecular flexibility index (Phi) is 5.08. The smallest absolute Gasteiger partial charge is 0.242 e. The Morgan fingerprint density at radius 2 is 2.40 bits per heavy atom. The third-order valence-corrected chi connectivity index (χ3v) is 3.56. The van der Waals surface area contributed by atoms with Crippen molar-refractivity contribution in [2.75, 3.05) is 6.54 Å². The van der Waals surface area contributed by atoms with Crippen LogP contribution in [0.3, 0.4) is 0 Å². The van der Waals surface area contributed by atoms with Crippen molar-refractivity contribution >= 4 is 27.7 Å². The molecule has 0 aliphatic carbocycles. The number of hydrogen-bond donors (Lipinski definition) is 2. The minimum absolute atomic E-state index is 0.0587. The van der Waals surface area contributed by atoms with Crippen LogP contribution in [0.2, 0.25) is 0 Å². The first-order valence-electron chi connectivity index (χ1n) is 5.37. The van der Waals surface area contributed by atoms with Crippen LogP contribution in [0.5, 0.6) is 0 Å². The van der Waals surface area contributed by atoms with E-state index in [9.17, 15) is 9.59 Å². The second-order valence-electron chi connectivity index (χ2n) is 3.72. The molecule has 0 radical (unpaired) electrons. The summed E-state index contributed by atoms with van der Waals surface area (Å²) in [6.45, 7) is 2.64. The van der Waals surface area contributed by atoms with E-state index in [0.717, 1.165) is 32.2 Å². The molecule has 2 atom stereocenters. The third-order valence-electron chi connectivity index (χ3n) is 2.49. The van der Waals surface area contributed by atoms with E-state index in [-0.39, 0.29) is 22.7 Å². The molecule has 1 saturated heterocycles. The summed E-state index contributed by atoms with van der Waals surface area (Å²) in [4.78, 5) is 22.9. The molecule has 4 nitrogen and oxygen atoms in total. The average molecular weight is 277 g/mol. The van der Waals surface area contributed by atoms with Gasteiger partial charge in [0.15, 0.2) is 0 Å². The van der Waals surface area contributed by atoms with E-state index < -0.39 is 0 Å². The maximum absolute atomic E-state index is 11.6. The van der Waals surface area contributed by atoms with Gasteiger partial charge in [0.25, 0.3) is 0 Å². The lowest BCUT2D eigenvalue weighted by Crippen LogP contribution is -2.47. The fourth-order valence-corrected chi connectivity index (χ4v) is 1.66. The van der Waals surface area contributed by atoms with Crippen LogP contribution in [-0.4, -0.2) is 29.2 Å². The molecule has 2 amide bonds. The van der Waals surface area contributed by atoms with Crippen molar-refractivity contribution in [1.29, 1.82) is 0 Å². The molecule has 15 heavy (non-hydrogen) atoms. The van der Waals surface area contributed by atoms with Crippen LogP contribution in [0.15, 0.2) is 0 Å². The summed E-state index contributed by atoms with van der Waals surface area (Å²) in [5.41, 5.74) is 0. The molecule has 0 saturated carbocycles. The summed E-state index contributed by atoms with van der Waals surface area (Å²) >= 11 is 3.26. The van der Waals surface area contributed by atoms with Crippen molar-refractivity contribution in [1.82, 2.24) is 10.6 Å². The molecule has 1 aliphatic heterocycles. The normalized spacial score (nSPS) is 23.9. The Morgan fingerprint density at radius 3 is 3.07 bits per heavy atom. The molecular weight excluding hydrogens is 260 g/mol. The highest BCUT2D eigenvalue weighted by atomic mass is 79.9. The lowest BCUT2D eigenvalue weighted by molar-refractivity contribution is -0.128. The number of nitrogens with one attached hydrogen (secondary N) is 2. The molecule has 0 aromatic carbocycles. The number of rotatable bonds is 3. The van der Waals surface area contributed by atoms with Crippen LogP contribution in [0.1, 0.15) is 32.6 Å². The number of carbonyl (C=O) groups is 2. The maximum atomic E-state index is 11.6. The summed E-state index contributed by atoms with van der Waals surface area (Å²) in [6, 6.07) is -0.355. The van der Waals surface area contributed by atoms with Crippen molar-refractivity contribution in [3.8, 4) is 0 Å². The number of alkyl halides is 1. The zero-order chi connectivity index (χ0) is 11.3. The van der Waals surface area contributed by atoms with Gasteiger partial charge in [-0.1, -0.05) is 22.9 Å². The van der Waals surface area contributed by atoms with Crippen LogP contribution in [0.4, 0.5) is 0 Å². The van der Waals surface area contributed by atoms with E-state index in [0.29, 0.717) is 0 Å². The van der Waals surface area contributed by atoms with Crippen molar-refractivity contribution in [3.05, 3.63) is 0 Å². The molecule has 1 rings (SSSR count). The van der Waals surface area contributed by atoms with Crippen LogP contribution >= 0.6 is 15.9 Å². The molecule has 86 valence electrons. The molecular formula is C10H17BrN2O2. The number of hydrogen-bond acceptors (Lipinski definition) is 2. The fraction of sp³-hybridized carbons (Fsp3) is 0.800. The summed E-state index contributed by atoms with van der Waals surface area (Å²) in [5.74, 6) is -0.156. The first-order chi connectivity index (χ1) is 7.15. The monoisotopic (exact) mass is 276 g/mol. The van der Waals surface area contributed by atoms with Crippen LogP contribution in [0.25, 0.3) is 0 Å². The van der Waals surface area contributed by atoms with E-state index in [1.54, 1.807) is 0 Å². The van der Waals surface area contributed by atoms with E-state index in [2.05, 4.69) is 26.6 Å². The molecule has 5 heteroatoms. The lowest BCUT2D eigenvalue weighted by Gasteiger charge is -2.16. The summed E-state index contributed by atoms with van der Waals surface area (Å²) in [5, 5.41) is 5.55. The molecule has 0 aromatic heterocycles. The topological polar surface area (TPSA) is 58.2 Å². The lowest BCUT2D eigenvalue weighted by atomic mass is 10.1. The first kappa shape index (κ1) is 12.5. The van der Waals surface area contributed by atoms with Crippen molar-refractivity contribution in [2.45, 2.75) is 43.5 Å². The molecule has 0 spiro atoms. The molecule has 2 N–H and O–H groups in total. The predicted octanol–water partition coefficient (Wildman–Crippen LogP) is 0.945. The van der Waals surface area contributed by atoms with Gasteiger partial charge in [-0.2, -0.15) is 0 Å². The summed E-state index contributed by atoms with van der Waals surface area (Å²) < 4.78 is 0. The predicted molar refractivity (Wildman–Crippen MR) is 61.8 cm³/mol. The summed E-state index contributed by atoms with van der Waals surface area (Å²) in [7, 11) is 0. The van der Waals surface area contributed by atoms with Crippen molar-refractivity contribution < 1.29 is 9.59 Å². The van der Waals surface area contributed by atoms with Gasteiger partial charge in [0, 0.05) is 6.54 Å². The molecule has 0 bridgehead atoms. The zero-order valence-corrected chi connectivity index (χ0v) is 10.5. The number of halogens is 1. The van der Waals surface area contributed by atoms with Gasteiger partial charge in [-0.15, -0.1) is 0 Å². The second kappa shape index (κ2) is 6.10. The van der Waals surface area contributed by atoms with Gasteiger partial charge in [0.05, 0.1) is 4.83 Å². The first-order valence-corrected chi connectivity index (χ1v) is 6.29. The second-order valence-corrected chi connectivity index (χ2v) is 4.83. The highest BCUT2D eigenvalue weighted by molar-refractivity contribution is 9.10. The minimum Gasteiger partial charge on any atom is -0.354 e. The highest BCUT2D eigenvalue weighted by Crippen LogP contribution is 2.08. The standard InChI is InChI=1S/C10H17BrN2O2/c1-2-7(11)9(14)13-8-5-3-4-6-12-10(8)15/h7-8H,2-6H2,1H3,(H,12,15)(H,13,14). The van der Waals surface area contributed by atoms with E-state index in [1.807, 2.05) is 6.92 Å². The minimum atomic E-state index is -0.355. The van der Waals surface area contributed by atoms with Gasteiger partial charge < -0.3 is 10.6 Å². The quantitative estimate of drug-likeness (QED) is 0.754. The van der Waals surface area contributed by atoms with Gasteiger partial charge in [-0.25, -0.2) is 0 Å². The zero-order valence-electron chi connectivity index (χ0n) is 8.88. The molecule has 1 fully saturated rings. The van der Waals surface area contributed by atoms with Crippen LogP contribution < -0.4 is 10.6 Å². The molecule has 1 aliphatic rings. The average Bonchev–Trinajstić information content (AvgIpc) is 2.43. The molecule has 0 aromatic rings. The molecule has 1 heterocycles. The van der Waals surface area contributed by atoms with Crippen LogP contribution in [-0.2, 0) is 9.59 Å². The number of amides is 2. The van der Waals surface area contributed by atoms with Gasteiger partial charge in [-0.3, -0.25) is 9.59 Å². The van der Waals surface area contributed by atoms with Gasteiger partial charge in [0.1, 0.15) is 6.04 Å². The van der Waals surface area contributed by atoms with Gasteiger partial charge in [0.2, 0.25) is 11.8 Å². The molecule has 2 unspecified atom stereocenters. The highest BCUT2D eigenvalue weighted by Gasteiger charge is 2.24. The number of carbonyl (C=O) groups excluding carboxylic acids is 2. The van der Waals surface area contributed by atoms with E-state index in [1.165, 1.54) is 0 Å². The van der Waals surface area contributed by atoms with E-state index >= 15 is 0 Å². The van der Waals surface area contributed by atoms with Gasteiger partial charge in [-0.05, 0) is 25.7 Å². The third kappa shape index (κ3) is 3.81. The Hall–Kier alpha value is -0.580. The van der Waals surface area contributed by atoms with Crippen molar-refractivity contribution in [2.24, 2.45) is 0 Å². The van der Waals surface area contributed by atoms with Crippen LogP contribution in [0, 0.1) is 0 Å². The van der Waals surface area contributed by atoms with Crippen molar-refractivity contribution in [3.63, 3.8) is 0 Å². The fourth-order valence-electron chi connectivity index (χ4n) is 1.52.